The Labute approximate surface area is 232 Å². The summed E-state index contributed by atoms with van der Waals surface area (Å²) in [6.45, 7) is 4.58. The highest BCUT2D eigenvalue weighted by Crippen LogP contribution is 2.52. The van der Waals surface area contributed by atoms with Crippen molar-refractivity contribution in [1.82, 2.24) is 15.0 Å². The number of para-hydroxylation sites is 1. The summed E-state index contributed by atoms with van der Waals surface area (Å²) in [7, 11) is 0. The van der Waals surface area contributed by atoms with E-state index in [4.69, 9.17) is 19.4 Å². The Morgan fingerprint density at radius 1 is 0.475 bits per heavy atom. The Bertz CT molecular complexity index is 2020. The molecular formula is C36H25N3O. The zero-order valence-electron chi connectivity index (χ0n) is 22.2. The second-order valence-electron chi connectivity index (χ2n) is 10.9. The molecule has 2 heterocycles. The molecule has 0 saturated heterocycles. The van der Waals surface area contributed by atoms with E-state index >= 15 is 0 Å². The van der Waals surface area contributed by atoms with Gasteiger partial charge in [-0.2, -0.15) is 0 Å². The number of hydrogen-bond donors (Lipinski definition) is 0. The first-order chi connectivity index (χ1) is 19.6. The first kappa shape index (κ1) is 22.9. The fraction of sp³-hybridized carbons (Fsp3) is 0.0833. The summed E-state index contributed by atoms with van der Waals surface area (Å²) in [5, 5.41) is 2.16. The molecule has 1 aliphatic rings. The first-order valence-corrected chi connectivity index (χ1v) is 13.6. The molecule has 2 aromatic heterocycles. The zero-order chi connectivity index (χ0) is 26.8. The van der Waals surface area contributed by atoms with Crippen molar-refractivity contribution in [3.63, 3.8) is 0 Å². The van der Waals surface area contributed by atoms with Crippen LogP contribution >= 0.6 is 0 Å². The molecule has 0 amide bonds. The van der Waals surface area contributed by atoms with Crippen molar-refractivity contribution in [2.24, 2.45) is 0 Å². The van der Waals surface area contributed by atoms with Crippen LogP contribution in [0.15, 0.2) is 120 Å². The topological polar surface area (TPSA) is 51.8 Å². The lowest BCUT2D eigenvalue weighted by atomic mass is 9.82. The lowest BCUT2D eigenvalue weighted by Gasteiger charge is -2.21. The molecule has 40 heavy (non-hydrogen) atoms. The maximum Gasteiger partial charge on any atom is 0.167 e. The van der Waals surface area contributed by atoms with E-state index in [1.165, 1.54) is 22.3 Å². The number of fused-ring (bicyclic) bond motifs is 7. The van der Waals surface area contributed by atoms with Gasteiger partial charge in [-0.15, -0.1) is 0 Å². The Kier molecular flexibility index (Phi) is 4.83. The fourth-order valence-electron chi connectivity index (χ4n) is 6.15. The van der Waals surface area contributed by atoms with Crippen molar-refractivity contribution >= 4 is 21.9 Å². The Hall–Kier alpha value is -5.09. The smallest absolute Gasteiger partial charge is 0.167 e. The van der Waals surface area contributed by atoms with Crippen LogP contribution in [0, 0.1) is 0 Å². The number of furan rings is 1. The Morgan fingerprint density at radius 2 is 1.05 bits per heavy atom. The first-order valence-electron chi connectivity index (χ1n) is 13.6. The highest BCUT2D eigenvalue weighted by atomic mass is 16.3. The third-order valence-electron chi connectivity index (χ3n) is 8.15. The summed E-state index contributed by atoms with van der Waals surface area (Å²) >= 11 is 0. The monoisotopic (exact) mass is 515 g/mol. The van der Waals surface area contributed by atoms with E-state index < -0.39 is 0 Å². The minimum Gasteiger partial charge on any atom is -0.455 e. The van der Waals surface area contributed by atoms with Crippen molar-refractivity contribution in [1.29, 1.82) is 0 Å². The van der Waals surface area contributed by atoms with Crippen LogP contribution in [0.25, 0.3) is 67.2 Å². The van der Waals surface area contributed by atoms with Gasteiger partial charge in [0, 0.05) is 32.9 Å². The van der Waals surface area contributed by atoms with Crippen molar-refractivity contribution in [3.8, 4) is 45.3 Å². The van der Waals surface area contributed by atoms with E-state index in [-0.39, 0.29) is 5.41 Å². The van der Waals surface area contributed by atoms with Gasteiger partial charge in [0.25, 0.3) is 0 Å². The molecule has 4 nitrogen and oxygen atoms in total. The maximum absolute atomic E-state index is 6.82. The van der Waals surface area contributed by atoms with Gasteiger partial charge in [-0.25, -0.2) is 15.0 Å². The minimum absolute atomic E-state index is 0.0920. The molecule has 7 aromatic rings. The zero-order valence-corrected chi connectivity index (χ0v) is 22.2. The number of rotatable bonds is 3. The molecule has 5 aromatic carbocycles. The fourth-order valence-corrected chi connectivity index (χ4v) is 6.15. The number of nitrogens with zero attached hydrogens (tertiary/aromatic N) is 3. The van der Waals surface area contributed by atoms with Gasteiger partial charge in [-0.05, 0) is 22.8 Å². The highest BCUT2D eigenvalue weighted by Gasteiger charge is 2.37. The second kappa shape index (κ2) is 8.45. The van der Waals surface area contributed by atoms with Gasteiger partial charge in [-0.3, -0.25) is 0 Å². The summed E-state index contributed by atoms with van der Waals surface area (Å²) in [6, 6.07) is 39.5. The van der Waals surface area contributed by atoms with E-state index in [1.807, 2.05) is 66.7 Å². The van der Waals surface area contributed by atoms with E-state index in [9.17, 15) is 0 Å². The van der Waals surface area contributed by atoms with Crippen molar-refractivity contribution in [2.75, 3.05) is 0 Å². The van der Waals surface area contributed by atoms with Crippen molar-refractivity contribution in [2.45, 2.75) is 19.3 Å². The number of hydrogen-bond acceptors (Lipinski definition) is 4. The van der Waals surface area contributed by atoms with Gasteiger partial charge >= 0.3 is 0 Å². The Balaban J connectivity index is 1.40. The molecule has 0 unspecified atom stereocenters. The predicted molar refractivity (Wildman–Crippen MR) is 161 cm³/mol. The molecule has 0 N–H and O–H groups in total. The third-order valence-corrected chi connectivity index (χ3v) is 8.15. The summed E-state index contributed by atoms with van der Waals surface area (Å²) < 4.78 is 6.82. The SMILES string of the molecule is CC1(C)c2ccccc2-c2c1ccc1c2oc2c(-c3nc(-c4ccccc4)nc(-c4ccccc4)n3)cccc21. The molecule has 8 rings (SSSR count). The van der Waals surface area contributed by atoms with Gasteiger partial charge < -0.3 is 4.42 Å². The highest BCUT2D eigenvalue weighted by molar-refractivity contribution is 6.14. The van der Waals surface area contributed by atoms with Gasteiger partial charge in [-0.1, -0.05) is 123 Å². The molecule has 0 saturated carbocycles. The van der Waals surface area contributed by atoms with Crippen LogP contribution in [0.5, 0.6) is 0 Å². The second-order valence-corrected chi connectivity index (χ2v) is 10.9. The quantitative estimate of drug-likeness (QED) is 0.235. The summed E-state index contributed by atoms with van der Waals surface area (Å²) in [5.74, 6) is 1.86. The lowest BCUT2D eigenvalue weighted by Crippen LogP contribution is -2.14. The van der Waals surface area contributed by atoms with Crippen LogP contribution < -0.4 is 0 Å². The van der Waals surface area contributed by atoms with Crippen LogP contribution in [0.1, 0.15) is 25.0 Å². The summed E-state index contributed by atoms with van der Waals surface area (Å²) in [5.41, 5.74) is 9.40. The van der Waals surface area contributed by atoms with Crippen LogP contribution in [0.3, 0.4) is 0 Å². The molecule has 0 atom stereocenters. The van der Waals surface area contributed by atoms with Crippen LogP contribution in [-0.2, 0) is 5.41 Å². The average molecular weight is 516 g/mol. The molecule has 4 heteroatoms. The number of benzene rings is 5. The van der Waals surface area contributed by atoms with E-state index in [2.05, 4.69) is 62.4 Å². The average Bonchev–Trinajstić information content (AvgIpc) is 3.50. The summed E-state index contributed by atoms with van der Waals surface area (Å²) in [4.78, 5) is 14.8. The van der Waals surface area contributed by atoms with E-state index in [0.29, 0.717) is 17.5 Å². The van der Waals surface area contributed by atoms with Gasteiger partial charge in [0.15, 0.2) is 17.5 Å². The molecule has 1 aliphatic carbocycles. The minimum atomic E-state index is -0.0920. The van der Waals surface area contributed by atoms with Crippen molar-refractivity contribution in [3.05, 3.63) is 126 Å². The molecule has 190 valence electrons. The van der Waals surface area contributed by atoms with Crippen LogP contribution in [0.4, 0.5) is 0 Å². The van der Waals surface area contributed by atoms with Gasteiger partial charge in [0.2, 0.25) is 0 Å². The Morgan fingerprint density at radius 3 is 1.75 bits per heavy atom. The lowest BCUT2D eigenvalue weighted by molar-refractivity contribution is 0.653. The third kappa shape index (κ3) is 3.29. The van der Waals surface area contributed by atoms with E-state index in [0.717, 1.165) is 38.6 Å². The molecule has 0 bridgehead atoms. The standard InChI is InChI=1S/C36H25N3O/c1-36(2)28-19-10-9-16-26(28)30-29(36)21-20-25-24-17-11-18-27(31(24)40-32(25)30)35-38-33(22-12-5-3-6-13-22)37-34(39-35)23-14-7-4-8-15-23/h3-21H,1-2H3. The summed E-state index contributed by atoms with van der Waals surface area (Å²) in [6.07, 6.45) is 0. The predicted octanol–water partition coefficient (Wildman–Crippen LogP) is 9.08. The largest absolute Gasteiger partial charge is 0.455 e. The molecule has 0 fully saturated rings. The molecular weight excluding hydrogens is 490 g/mol. The molecule has 0 radical (unpaired) electrons. The van der Waals surface area contributed by atoms with E-state index in [1.54, 1.807) is 0 Å². The molecule has 0 spiro atoms. The number of aromatic nitrogens is 3. The van der Waals surface area contributed by atoms with Crippen molar-refractivity contribution < 1.29 is 4.42 Å². The van der Waals surface area contributed by atoms with Crippen LogP contribution in [-0.4, -0.2) is 15.0 Å². The van der Waals surface area contributed by atoms with Gasteiger partial charge in [0.05, 0.1) is 5.56 Å². The van der Waals surface area contributed by atoms with Crippen LogP contribution in [0.2, 0.25) is 0 Å². The molecule has 0 aliphatic heterocycles. The van der Waals surface area contributed by atoms with Gasteiger partial charge in [0.1, 0.15) is 11.2 Å². The maximum atomic E-state index is 6.82. The normalized spacial score (nSPS) is 13.4.